The zero-order chi connectivity index (χ0) is 20.7. The van der Waals surface area contributed by atoms with Crippen molar-refractivity contribution in [2.24, 2.45) is 0 Å². The minimum atomic E-state index is -0.331. The molecule has 0 bridgehead atoms. The van der Waals surface area contributed by atoms with Gasteiger partial charge in [0, 0.05) is 23.4 Å². The number of nitrogens with zero attached hydrogens (tertiary/aromatic N) is 2. The van der Waals surface area contributed by atoms with Crippen molar-refractivity contribution in [3.05, 3.63) is 88.8 Å². The van der Waals surface area contributed by atoms with E-state index in [9.17, 15) is 9.59 Å². The first-order chi connectivity index (χ1) is 14.6. The molecule has 2 aromatic carbocycles. The average molecular weight is 398 g/mol. The molecule has 1 aromatic heterocycles. The third-order valence-electron chi connectivity index (χ3n) is 5.71. The van der Waals surface area contributed by atoms with Crippen LogP contribution in [0.2, 0.25) is 0 Å². The van der Waals surface area contributed by atoms with Crippen LogP contribution in [0.3, 0.4) is 0 Å². The fraction of sp³-hybridized carbons (Fsp3) is 0.208. The summed E-state index contributed by atoms with van der Waals surface area (Å²) in [5.41, 5.74) is 4.99. The van der Waals surface area contributed by atoms with Crippen molar-refractivity contribution in [3.63, 3.8) is 0 Å². The number of aryl methyl sites for hydroxylation is 1. The van der Waals surface area contributed by atoms with Crippen LogP contribution in [0.5, 0.6) is 0 Å². The van der Waals surface area contributed by atoms with Crippen LogP contribution in [0.4, 0.5) is 11.5 Å². The van der Waals surface area contributed by atoms with E-state index < -0.39 is 0 Å². The van der Waals surface area contributed by atoms with Crippen molar-refractivity contribution in [1.82, 2.24) is 9.78 Å². The van der Waals surface area contributed by atoms with E-state index in [4.69, 9.17) is 0 Å². The van der Waals surface area contributed by atoms with Gasteiger partial charge in [-0.1, -0.05) is 48.0 Å². The molecule has 3 aromatic rings. The minimum absolute atomic E-state index is 0.144. The van der Waals surface area contributed by atoms with Crippen LogP contribution in [-0.4, -0.2) is 21.5 Å². The van der Waals surface area contributed by atoms with Gasteiger partial charge in [0.05, 0.1) is 6.20 Å². The Morgan fingerprint density at radius 2 is 1.87 bits per heavy atom. The molecule has 2 aliphatic rings. The van der Waals surface area contributed by atoms with Crippen LogP contribution in [0, 0.1) is 6.92 Å². The van der Waals surface area contributed by atoms with Gasteiger partial charge >= 0.3 is 0 Å². The van der Waals surface area contributed by atoms with E-state index in [1.54, 1.807) is 10.9 Å². The Morgan fingerprint density at radius 1 is 1.10 bits per heavy atom. The molecule has 6 nitrogen and oxygen atoms in total. The van der Waals surface area contributed by atoms with Crippen molar-refractivity contribution in [1.29, 1.82) is 0 Å². The van der Waals surface area contributed by atoms with E-state index in [-0.39, 0.29) is 17.7 Å². The van der Waals surface area contributed by atoms with Crippen molar-refractivity contribution in [2.75, 3.05) is 10.6 Å². The quantitative estimate of drug-likeness (QED) is 0.683. The second-order valence-electron chi connectivity index (χ2n) is 7.78. The maximum atomic E-state index is 13.0. The van der Waals surface area contributed by atoms with Crippen molar-refractivity contribution in [2.45, 2.75) is 32.2 Å². The third-order valence-corrected chi connectivity index (χ3v) is 5.71. The van der Waals surface area contributed by atoms with E-state index in [0.717, 1.165) is 40.9 Å². The summed E-state index contributed by atoms with van der Waals surface area (Å²) in [5.74, 6) is 0.539. The molecule has 2 heterocycles. The molecule has 1 amide bonds. The second-order valence-corrected chi connectivity index (χ2v) is 7.78. The second kappa shape index (κ2) is 7.30. The van der Waals surface area contributed by atoms with Gasteiger partial charge < -0.3 is 10.6 Å². The van der Waals surface area contributed by atoms with Gasteiger partial charge in [-0.05, 0) is 37.5 Å². The SMILES string of the molecule is Cc1ccc([C@H]2C3=C(CCCC3=O)Nc3c(C(=O)Nc4ccccc4)cnn32)cc1. The Morgan fingerprint density at radius 3 is 2.63 bits per heavy atom. The molecular formula is C24H22N4O2. The Kier molecular flexibility index (Phi) is 4.47. The van der Waals surface area contributed by atoms with Gasteiger partial charge in [-0.3, -0.25) is 9.59 Å². The van der Waals surface area contributed by atoms with Gasteiger partial charge in [-0.15, -0.1) is 0 Å². The number of benzene rings is 2. The number of rotatable bonds is 3. The molecule has 5 rings (SSSR count). The number of carbonyl (C=O) groups is 2. The van der Waals surface area contributed by atoms with E-state index in [2.05, 4.69) is 15.7 Å². The number of allylic oxidation sites excluding steroid dienone is 2. The van der Waals surface area contributed by atoms with Crippen LogP contribution in [0.1, 0.15) is 46.8 Å². The van der Waals surface area contributed by atoms with Crippen molar-refractivity contribution < 1.29 is 9.59 Å². The molecule has 0 saturated carbocycles. The molecule has 150 valence electrons. The Bertz CT molecular complexity index is 1160. The van der Waals surface area contributed by atoms with Crippen LogP contribution >= 0.6 is 0 Å². The first-order valence-corrected chi connectivity index (χ1v) is 10.2. The number of hydrogen-bond donors (Lipinski definition) is 2. The van der Waals surface area contributed by atoms with Crippen molar-refractivity contribution in [3.8, 4) is 0 Å². The summed E-state index contributed by atoms with van der Waals surface area (Å²) in [5, 5.41) is 10.8. The van der Waals surface area contributed by atoms with Crippen LogP contribution in [-0.2, 0) is 4.79 Å². The number of para-hydroxylation sites is 1. The predicted octanol–water partition coefficient (Wildman–Crippen LogP) is 4.47. The maximum Gasteiger partial charge on any atom is 0.261 e. The molecule has 30 heavy (non-hydrogen) atoms. The average Bonchev–Trinajstić information content (AvgIpc) is 3.18. The fourth-order valence-electron chi connectivity index (χ4n) is 4.20. The molecule has 1 atom stereocenters. The van der Waals surface area contributed by atoms with Crippen LogP contribution < -0.4 is 10.6 Å². The maximum absolute atomic E-state index is 13.0. The molecule has 0 radical (unpaired) electrons. The smallest absolute Gasteiger partial charge is 0.261 e. The third kappa shape index (κ3) is 3.10. The lowest BCUT2D eigenvalue weighted by Gasteiger charge is -2.33. The van der Waals surface area contributed by atoms with E-state index in [1.165, 1.54) is 0 Å². The summed E-state index contributed by atoms with van der Waals surface area (Å²) in [6.07, 6.45) is 3.71. The number of amides is 1. The lowest BCUT2D eigenvalue weighted by Crippen LogP contribution is -2.32. The summed E-state index contributed by atoms with van der Waals surface area (Å²) in [7, 11) is 0. The highest BCUT2D eigenvalue weighted by atomic mass is 16.1. The Balaban J connectivity index is 1.58. The summed E-state index contributed by atoms with van der Waals surface area (Å²) in [6.45, 7) is 2.04. The molecule has 2 N–H and O–H groups in total. The molecule has 1 aliphatic carbocycles. The predicted molar refractivity (Wildman–Crippen MR) is 115 cm³/mol. The van der Waals surface area contributed by atoms with Gasteiger partial charge in [0.1, 0.15) is 17.4 Å². The molecule has 0 saturated heterocycles. The molecule has 1 aliphatic heterocycles. The standard InChI is InChI=1S/C24H22N4O2/c1-15-10-12-16(13-11-15)22-21-19(8-5-9-20(21)29)27-23-18(14-25-28(22)23)24(30)26-17-6-3-2-4-7-17/h2-4,6-7,10-14,22,27H,5,8-9H2,1H3,(H,26,30)/t22-/m0/s1. The zero-order valence-corrected chi connectivity index (χ0v) is 16.7. The van der Waals surface area contributed by atoms with E-state index in [1.807, 2.05) is 61.5 Å². The number of Topliss-reactive ketones (excluding diaryl/α,β-unsaturated/α-hetero) is 1. The van der Waals surface area contributed by atoms with Gasteiger partial charge in [-0.2, -0.15) is 5.10 Å². The monoisotopic (exact) mass is 398 g/mol. The van der Waals surface area contributed by atoms with Crippen LogP contribution in [0.25, 0.3) is 0 Å². The number of ketones is 1. The molecule has 0 fully saturated rings. The minimum Gasteiger partial charge on any atom is -0.343 e. The Labute approximate surface area is 174 Å². The number of fused-ring (bicyclic) bond motifs is 1. The first-order valence-electron chi connectivity index (χ1n) is 10.2. The summed E-state index contributed by atoms with van der Waals surface area (Å²) < 4.78 is 1.77. The number of nitrogens with one attached hydrogen (secondary N) is 2. The zero-order valence-electron chi connectivity index (χ0n) is 16.7. The van der Waals surface area contributed by atoms with Gasteiger partial charge in [-0.25, -0.2) is 4.68 Å². The fourth-order valence-corrected chi connectivity index (χ4v) is 4.20. The number of carbonyl (C=O) groups excluding carboxylic acids is 2. The largest absolute Gasteiger partial charge is 0.343 e. The molecular weight excluding hydrogens is 376 g/mol. The summed E-state index contributed by atoms with van der Waals surface area (Å²) >= 11 is 0. The first kappa shape index (κ1) is 18.4. The summed E-state index contributed by atoms with van der Waals surface area (Å²) in [6, 6.07) is 17.2. The lowest BCUT2D eigenvalue weighted by molar-refractivity contribution is -0.116. The van der Waals surface area contributed by atoms with Crippen molar-refractivity contribution >= 4 is 23.2 Å². The van der Waals surface area contributed by atoms with Gasteiger partial charge in [0.25, 0.3) is 5.91 Å². The highest BCUT2D eigenvalue weighted by Crippen LogP contribution is 2.41. The van der Waals surface area contributed by atoms with Crippen LogP contribution in [0.15, 0.2) is 72.1 Å². The molecule has 6 heteroatoms. The number of hydrogen-bond acceptors (Lipinski definition) is 4. The van der Waals surface area contributed by atoms with Gasteiger partial charge in [0.15, 0.2) is 5.78 Å². The molecule has 0 unspecified atom stereocenters. The van der Waals surface area contributed by atoms with E-state index in [0.29, 0.717) is 17.8 Å². The van der Waals surface area contributed by atoms with Gasteiger partial charge in [0.2, 0.25) is 0 Å². The number of aromatic nitrogens is 2. The number of anilines is 2. The lowest BCUT2D eigenvalue weighted by atomic mass is 9.85. The Hall–Kier alpha value is -3.67. The molecule has 0 spiro atoms. The topological polar surface area (TPSA) is 76.0 Å². The summed E-state index contributed by atoms with van der Waals surface area (Å²) in [4.78, 5) is 25.8. The highest BCUT2D eigenvalue weighted by molar-refractivity contribution is 6.08. The normalized spacial score (nSPS) is 17.8. The highest BCUT2D eigenvalue weighted by Gasteiger charge is 2.37. The van der Waals surface area contributed by atoms with E-state index >= 15 is 0 Å².